The highest BCUT2D eigenvalue weighted by Crippen LogP contribution is 2.27. The molecule has 2 aromatic carbocycles. The molecule has 19 heavy (non-hydrogen) atoms. The van der Waals surface area contributed by atoms with Gasteiger partial charge in [-0.05, 0) is 48.4 Å². The molecule has 0 radical (unpaired) electrons. The third-order valence-corrected chi connectivity index (χ3v) is 4.11. The topological polar surface area (TPSA) is 32.3 Å². The maximum Gasteiger partial charge on any atom is 0.0755 e. The van der Waals surface area contributed by atoms with Crippen molar-refractivity contribution in [2.45, 2.75) is 13.0 Å². The maximum absolute atomic E-state index is 9.60. The molecule has 0 heterocycles. The predicted molar refractivity (Wildman–Crippen MR) is 86.5 cm³/mol. The van der Waals surface area contributed by atoms with Crippen molar-refractivity contribution < 1.29 is 5.11 Å². The summed E-state index contributed by atoms with van der Waals surface area (Å²) >= 11 is 6.96. The lowest BCUT2D eigenvalue weighted by molar-refractivity contribution is 0.276. The van der Waals surface area contributed by atoms with E-state index in [0.717, 1.165) is 20.2 Å². The number of nitrogens with one attached hydrogen (secondary N) is 1. The first-order chi connectivity index (χ1) is 9.10. The lowest BCUT2D eigenvalue weighted by Crippen LogP contribution is -2.15. The van der Waals surface area contributed by atoms with E-state index in [1.807, 2.05) is 43.3 Å². The highest BCUT2D eigenvalue weighted by Gasteiger charge is 2.13. The number of anilines is 1. The van der Waals surface area contributed by atoms with Crippen molar-refractivity contribution in [2.24, 2.45) is 0 Å². The molecule has 0 spiro atoms. The Morgan fingerprint density at radius 1 is 1.11 bits per heavy atom. The van der Waals surface area contributed by atoms with Crippen molar-refractivity contribution in [3.63, 3.8) is 0 Å². The van der Waals surface area contributed by atoms with Gasteiger partial charge < -0.3 is 10.4 Å². The minimum Gasteiger partial charge on any atom is -0.394 e. The first kappa shape index (κ1) is 14.6. The van der Waals surface area contributed by atoms with E-state index in [-0.39, 0.29) is 12.6 Å². The lowest BCUT2D eigenvalue weighted by atomic mass is 10.1. The zero-order chi connectivity index (χ0) is 13.8. The summed E-state index contributed by atoms with van der Waals surface area (Å²) in [5, 5.41) is 12.9. The zero-order valence-electron chi connectivity index (χ0n) is 10.5. The lowest BCUT2D eigenvalue weighted by Gasteiger charge is -2.19. The van der Waals surface area contributed by atoms with Gasteiger partial charge in [-0.1, -0.05) is 44.0 Å². The number of aliphatic hydroxyl groups is 1. The van der Waals surface area contributed by atoms with E-state index in [9.17, 15) is 5.11 Å². The molecule has 0 fully saturated rings. The molecule has 0 saturated carbocycles. The highest BCUT2D eigenvalue weighted by atomic mass is 79.9. The van der Waals surface area contributed by atoms with E-state index >= 15 is 0 Å². The van der Waals surface area contributed by atoms with E-state index in [1.54, 1.807) is 0 Å². The summed E-state index contributed by atoms with van der Waals surface area (Å²) in [5.41, 5.74) is 3.22. The van der Waals surface area contributed by atoms with Crippen molar-refractivity contribution in [1.82, 2.24) is 0 Å². The minimum absolute atomic E-state index is 0.0394. The van der Waals surface area contributed by atoms with E-state index < -0.39 is 0 Å². The Labute approximate surface area is 130 Å². The number of halogens is 2. The van der Waals surface area contributed by atoms with Gasteiger partial charge >= 0.3 is 0 Å². The molecule has 2 nitrogen and oxygen atoms in total. The summed E-state index contributed by atoms with van der Waals surface area (Å²) in [6.07, 6.45) is 0. The molecule has 0 amide bonds. The fourth-order valence-electron chi connectivity index (χ4n) is 1.88. The molecule has 4 heteroatoms. The molecule has 2 N–H and O–H groups in total. The summed E-state index contributed by atoms with van der Waals surface area (Å²) in [6.45, 7) is 2.09. The Morgan fingerprint density at radius 2 is 1.79 bits per heavy atom. The molecule has 0 aliphatic heterocycles. The standard InChI is InChI=1S/C15H15Br2NO/c1-10-2-7-13(14(17)8-10)15(9-19)18-12-5-3-11(16)4-6-12/h2-8,15,18-19H,9H2,1H3. The van der Waals surface area contributed by atoms with Crippen LogP contribution in [0.5, 0.6) is 0 Å². The second-order valence-electron chi connectivity index (χ2n) is 4.41. The van der Waals surface area contributed by atoms with Crippen molar-refractivity contribution in [3.8, 4) is 0 Å². The van der Waals surface area contributed by atoms with Gasteiger partial charge in [0.1, 0.15) is 0 Å². The molecule has 0 aromatic heterocycles. The van der Waals surface area contributed by atoms with Crippen LogP contribution < -0.4 is 5.32 Å². The van der Waals surface area contributed by atoms with E-state index in [4.69, 9.17) is 0 Å². The molecule has 0 saturated heterocycles. The van der Waals surface area contributed by atoms with Crippen molar-refractivity contribution in [2.75, 3.05) is 11.9 Å². The van der Waals surface area contributed by atoms with Crippen LogP contribution in [0.2, 0.25) is 0 Å². The third-order valence-electron chi connectivity index (χ3n) is 2.90. The van der Waals surface area contributed by atoms with Crippen molar-refractivity contribution in [1.29, 1.82) is 0 Å². The van der Waals surface area contributed by atoms with E-state index in [2.05, 4.69) is 43.2 Å². The Balaban J connectivity index is 2.22. The number of rotatable bonds is 4. The van der Waals surface area contributed by atoms with Gasteiger partial charge in [-0.3, -0.25) is 0 Å². The van der Waals surface area contributed by atoms with Crippen LogP contribution in [0.1, 0.15) is 17.2 Å². The van der Waals surface area contributed by atoms with Crippen LogP contribution >= 0.6 is 31.9 Å². The highest BCUT2D eigenvalue weighted by molar-refractivity contribution is 9.10. The van der Waals surface area contributed by atoms with Gasteiger partial charge in [-0.2, -0.15) is 0 Å². The molecule has 2 aromatic rings. The van der Waals surface area contributed by atoms with Gasteiger partial charge in [0.2, 0.25) is 0 Å². The number of hydrogen-bond donors (Lipinski definition) is 2. The number of hydrogen-bond acceptors (Lipinski definition) is 2. The summed E-state index contributed by atoms with van der Waals surface area (Å²) in [4.78, 5) is 0. The van der Waals surface area contributed by atoms with Gasteiger partial charge in [0, 0.05) is 14.6 Å². The smallest absolute Gasteiger partial charge is 0.0755 e. The van der Waals surface area contributed by atoms with Gasteiger partial charge in [0.25, 0.3) is 0 Å². The van der Waals surface area contributed by atoms with E-state index in [0.29, 0.717) is 0 Å². The van der Waals surface area contributed by atoms with Crippen LogP contribution in [0.4, 0.5) is 5.69 Å². The molecule has 1 unspecified atom stereocenters. The summed E-state index contributed by atoms with van der Waals surface area (Å²) in [7, 11) is 0. The zero-order valence-corrected chi connectivity index (χ0v) is 13.7. The third kappa shape index (κ3) is 3.81. The molecule has 0 aliphatic carbocycles. The Bertz CT molecular complexity index is 555. The van der Waals surface area contributed by atoms with Crippen molar-refractivity contribution in [3.05, 3.63) is 62.5 Å². The Hall–Kier alpha value is -0.840. The SMILES string of the molecule is Cc1ccc(C(CO)Nc2ccc(Br)cc2)c(Br)c1. The van der Waals surface area contributed by atoms with Crippen LogP contribution in [0.15, 0.2) is 51.4 Å². The number of aryl methyl sites for hydroxylation is 1. The van der Waals surface area contributed by atoms with Crippen LogP contribution in [0.25, 0.3) is 0 Å². The second kappa shape index (κ2) is 6.55. The fraction of sp³-hybridized carbons (Fsp3) is 0.200. The molecule has 0 aliphatic rings. The minimum atomic E-state index is -0.129. The summed E-state index contributed by atoms with van der Waals surface area (Å²) < 4.78 is 2.05. The molecule has 2 rings (SSSR count). The molecular weight excluding hydrogens is 370 g/mol. The largest absolute Gasteiger partial charge is 0.394 e. The van der Waals surface area contributed by atoms with E-state index in [1.165, 1.54) is 5.56 Å². The first-order valence-electron chi connectivity index (χ1n) is 5.99. The van der Waals surface area contributed by atoms with Gasteiger partial charge in [0.15, 0.2) is 0 Å². The fourth-order valence-corrected chi connectivity index (χ4v) is 2.92. The van der Waals surface area contributed by atoms with Gasteiger partial charge in [-0.15, -0.1) is 0 Å². The average Bonchev–Trinajstić information content (AvgIpc) is 2.39. The Kier molecular flexibility index (Phi) is 5.02. The van der Waals surface area contributed by atoms with Crippen LogP contribution in [0.3, 0.4) is 0 Å². The first-order valence-corrected chi connectivity index (χ1v) is 7.58. The van der Waals surface area contributed by atoms with Crippen LogP contribution in [-0.2, 0) is 0 Å². The number of aliphatic hydroxyl groups excluding tert-OH is 1. The van der Waals surface area contributed by atoms with Crippen LogP contribution in [0, 0.1) is 6.92 Å². The van der Waals surface area contributed by atoms with Crippen LogP contribution in [-0.4, -0.2) is 11.7 Å². The summed E-state index contributed by atoms with van der Waals surface area (Å²) in [5.74, 6) is 0. The predicted octanol–water partition coefficient (Wildman–Crippen LogP) is 4.67. The maximum atomic E-state index is 9.60. The quantitative estimate of drug-likeness (QED) is 0.802. The average molecular weight is 385 g/mol. The van der Waals surface area contributed by atoms with Crippen molar-refractivity contribution >= 4 is 37.5 Å². The summed E-state index contributed by atoms with van der Waals surface area (Å²) in [6, 6.07) is 13.9. The van der Waals surface area contributed by atoms with Gasteiger partial charge in [0.05, 0.1) is 12.6 Å². The number of benzene rings is 2. The van der Waals surface area contributed by atoms with Gasteiger partial charge in [-0.25, -0.2) is 0 Å². The molecule has 0 bridgehead atoms. The molecular formula is C15H15Br2NO. The molecule has 100 valence electrons. The molecule has 1 atom stereocenters. The second-order valence-corrected chi connectivity index (χ2v) is 6.18. The Morgan fingerprint density at radius 3 is 2.37 bits per heavy atom. The normalized spacial score (nSPS) is 12.2. The monoisotopic (exact) mass is 383 g/mol.